The van der Waals surface area contributed by atoms with Gasteiger partial charge in [0.15, 0.2) is 5.75 Å². The minimum atomic E-state index is -0.669. The van der Waals surface area contributed by atoms with E-state index in [2.05, 4.69) is 18.2 Å². The predicted molar refractivity (Wildman–Crippen MR) is 138 cm³/mol. The second-order valence-electron chi connectivity index (χ2n) is 9.77. The summed E-state index contributed by atoms with van der Waals surface area (Å²) in [4.78, 5) is 24.8. The van der Waals surface area contributed by atoms with Crippen molar-refractivity contribution in [1.29, 1.82) is 0 Å². The Morgan fingerprint density at radius 3 is 2.44 bits per heavy atom. The maximum Gasteiger partial charge on any atom is 0.419 e. The van der Waals surface area contributed by atoms with Gasteiger partial charge in [-0.2, -0.15) is 0 Å². The quantitative estimate of drug-likeness (QED) is 0.252. The zero-order valence-electron chi connectivity index (χ0n) is 20.7. The van der Waals surface area contributed by atoms with Crippen LogP contribution in [-0.4, -0.2) is 22.2 Å². The molecule has 0 saturated heterocycles. The molecule has 0 unspecified atom stereocenters. The Hall–Kier alpha value is -4.32. The minimum absolute atomic E-state index is 0.294. The zero-order chi connectivity index (χ0) is 25.4. The number of carbonyl (C=O) groups excluding carboxylic acids is 2. The molecule has 6 nitrogen and oxygen atoms in total. The molecule has 0 saturated carbocycles. The molecule has 0 N–H and O–H groups in total. The largest absolute Gasteiger partial charge is 0.464 e. The number of benzene rings is 2. The van der Waals surface area contributed by atoms with E-state index in [0.717, 1.165) is 34.4 Å². The lowest BCUT2D eigenvalue weighted by molar-refractivity contribution is -0.131. The van der Waals surface area contributed by atoms with Crippen molar-refractivity contribution in [3.63, 3.8) is 0 Å². The van der Waals surface area contributed by atoms with E-state index in [0.29, 0.717) is 16.7 Å². The molecule has 2 aliphatic rings. The first kappa shape index (κ1) is 23.4. The molecule has 3 aromatic rings. The van der Waals surface area contributed by atoms with Gasteiger partial charge in [-0.05, 0) is 74.2 Å². The van der Waals surface area contributed by atoms with Crippen LogP contribution < -0.4 is 4.74 Å². The van der Waals surface area contributed by atoms with E-state index < -0.39 is 17.7 Å². The SMILES string of the molecule is CC(=O)Oc1cn(C(=O)OC(C)(C)C)c2ccc(-c3c(Cc4ccccc4)cc4cccoc3-4)cc12. The standard InChI is InChI=1S/C30H27NO5/c1-19(32)35-26-18-31(29(33)36-30(2,3)4)25-13-12-21(17-24(25)26)27-23(15-20-9-6-5-7-10-20)16-22-11-8-14-34-28(22)27/h5-14,16-18H,15H2,1-4H3. The summed E-state index contributed by atoms with van der Waals surface area (Å²) < 4.78 is 18.4. The number of aromatic nitrogens is 1. The number of ether oxygens (including phenoxy) is 2. The van der Waals surface area contributed by atoms with E-state index in [-0.39, 0.29) is 0 Å². The van der Waals surface area contributed by atoms with Crippen molar-refractivity contribution in [2.24, 2.45) is 0 Å². The average molecular weight is 482 g/mol. The van der Waals surface area contributed by atoms with E-state index in [1.54, 1.807) is 27.0 Å². The molecule has 6 heteroatoms. The lowest BCUT2D eigenvalue weighted by Crippen LogP contribution is -2.26. The fourth-order valence-corrected chi connectivity index (χ4v) is 4.44. The van der Waals surface area contributed by atoms with Crippen molar-refractivity contribution in [3.8, 4) is 28.2 Å². The van der Waals surface area contributed by atoms with Gasteiger partial charge in [-0.3, -0.25) is 4.79 Å². The molecule has 5 rings (SSSR count). The molecule has 0 radical (unpaired) electrons. The van der Waals surface area contributed by atoms with Crippen molar-refractivity contribution < 1.29 is 23.5 Å². The van der Waals surface area contributed by atoms with Crippen LogP contribution in [0.25, 0.3) is 33.4 Å². The number of nitrogens with zero attached hydrogens (tertiary/aromatic N) is 1. The second kappa shape index (κ2) is 9.04. The monoisotopic (exact) mass is 481 g/mol. The number of carbonyl (C=O) groups is 2. The minimum Gasteiger partial charge on any atom is -0.464 e. The molecule has 0 bridgehead atoms. The second-order valence-corrected chi connectivity index (χ2v) is 9.77. The van der Waals surface area contributed by atoms with Crippen LogP contribution in [0.2, 0.25) is 0 Å². The van der Waals surface area contributed by atoms with Gasteiger partial charge in [0, 0.05) is 23.4 Å². The number of rotatable bonds is 4. The third-order valence-corrected chi connectivity index (χ3v) is 5.82. The first-order valence-corrected chi connectivity index (χ1v) is 11.8. The van der Waals surface area contributed by atoms with Crippen molar-refractivity contribution in [2.45, 2.75) is 39.7 Å². The molecule has 2 aromatic carbocycles. The lowest BCUT2D eigenvalue weighted by Gasteiger charge is -2.19. The van der Waals surface area contributed by atoms with Crippen molar-refractivity contribution in [2.75, 3.05) is 0 Å². The highest BCUT2D eigenvalue weighted by Crippen LogP contribution is 2.42. The van der Waals surface area contributed by atoms with Crippen molar-refractivity contribution >= 4 is 23.0 Å². The predicted octanol–water partition coefficient (Wildman–Crippen LogP) is 7.31. The molecule has 0 atom stereocenters. The highest BCUT2D eigenvalue weighted by atomic mass is 16.6. The van der Waals surface area contributed by atoms with Gasteiger partial charge in [0.05, 0.1) is 18.0 Å². The van der Waals surface area contributed by atoms with Gasteiger partial charge in [-0.15, -0.1) is 0 Å². The summed E-state index contributed by atoms with van der Waals surface area (Å²) in [7, 11) is 0. The molecule has 0 spiro atoms. The van der Waals surface area contributed by atoms with E-state index in [4.69, 9.17) is 13.9 Å². The maximum atomic E-state index is 12.9. The smallest absolute Gasteiger partial charge is 0.419 e. The Morgan fingerprint density at radius 2 is 1.72 bits per heavy atom. The molecular formula is C30H27NO5. The molecule has 36 heavy (non-hydrogen) atoms. The fourth-order valence-electron chi connectivity index (χ4n) is 4.44. The number of hydrogen-bond donors (Lipinski definition) is 0. The average Bonchev–Trinajstić information content (AvgIpc) is 3.36. The number of esters is 1. The first-order chi connectivity index (χ1) is 17.2. The number of hydrogen-bond acceptors (Lipinski definition) is 5. The first-order valence-electron chi connectivity index (χ1n) is 11.8. The van der Waals surface area contributed by atoms with Crippen LogP contribution in [0, 0.1) is 0 Å². The topological polar surface area (TPSA) is 70.7 Å². The van der Waals surface area contributed by atoms with Gasteiger partial charge in [-0.1, -0.05) is 36.4 Å². The summed E-state index contributed by atoms with van der Waals surface area (Å²) in [5.74, 6) is 0.605. The third kappa shape index (κ3) is 4.62. The maximum absolute atomic E-state index is 12.9. The zero-order valence-corrected chi connectivity index (χ0v) is 20.7. The summed E-state index contributed by atoms with van der Waals surface area (Å²) in [6.07, 6.45) is 3.35. The molecule has 1 aliphatic heterocycles. The van der Waals surface area contributed by atoms with Crippen LogP contribution in [0.15, 0.2) is 83.6 Å². The summed E-state index contributed by atoms with van der Waals surface area (Å²) in [6, 6.07) is 22.0. The molecule has 1 aromatic heterocycles. The van der Waals surface area contributed by atoms with Crippen LogP contribution in [0.3, 0.4) is 0 Å². The Balaban J connectivity index is 1.67. The van der Waals surface area contributed by atoms with Gasteiger partial charge >= 0.3 is 12.1 Å². The molecule has 1 aliphatic carbocycles. The molecular weight excluding hydrogens is 454 g/mol. The van der Waals surface area contributed by atoms with Crippen molar-refractivity contribution in [1.82, 2.24) is 4.57 Å². The summed E-state index contributed by atoms with van der Waals surface area (Å²) >= 11 is 0. The Morgan fingerprint density at radius 1 is 0.944 bits per heavy atom. The normalized spacial score (nSPS) is 11.7. The highest BCUT2D eigenvalue weighted by Gasteiger charge is 2.24. The summed E-state index contributed by atoms with van der Waals surface area (Å²) in [5, 5.41) is 0.629. The van der Waals surface area contributed by atoms with Crippen molar-refractivity contribution in [3.05, 3.63) is 90.3 Å². The van der Waals surface area contributed by atoms with Crippen LogP contribution in [0.4, 0.5) is 4.79 Å². The Labute approximate surface area is 209 Å². The third-order valence-electron chi connectivity index (χ3n) is 5.82. The molecule has 0 fully saturated rings. The summed E-state index contributed by atoms with van der Waals surface area (Å²) in [5.41, 5.74) is 5.09. The van der Waals surface area contributed by atoms with Crippen LogP contribution in [0.1, 0.15) is 38.8 Å². The van der Waals surface area contributed by atoms with Crippen LogP contribution in [-0.2, 0) is 16.0 Å². The van der Waals surface area contributed by atoms with E-state index in [1.165, 1.54) is 23.3 Å². The lowest BCUT2D eigenvalue weighted by atomic mass is 9.97. The molecule has 2 heterocycles. The van der Waals surface area contributed by atoms with E-state index in [9.17, 15) is 9.59 Å². The summed E-state index contributed by atoms with van der Waals surface area (Å²) in [6.45, 7) is 6.75. The van der Waals surface area contributed by atoms with Crippen LogP contribution in [0.5, 0.6) is 5.75 Å². The van der Waals surface area contributed by atoms with E-state index >= 15 is 0 Å². The fraction of sp³-hybridized carbons (Fsp3) is 0.200. The van der Waals surface area contributed by atoms with Gasteiger partial charge < -0.3 is 13.9 Å². The van der Waals surface area contributed by atoms with Crippen LogP contribution >= 0.6 is 0 Å². The van der Waals surface area contributed by atoms with Gasteiger partial charge in [-0.25, -0.2) is 9.36 Å². The Kier molecular flexibility index (Phi) is 5.88. The molecule has 0 amide bonds. The number of fused-ring (bicyclic) bond motifs is 2. The van der Waals surface area contributed by atoms with Gasteiger partial charge in [0.1, 0.15) is 11.4 Å². The Bertz CT molecular complexity index is 1530. The highest BCUT2D eigenvalue weighted by molar-refractivity contribution is 5.99. The van der Waals surface area contributed by atoms with Gasteiger partial charge in [0.25, 0.3) is 0 Å². The molecule has 182 valence electrons. The van der Waals surface area contributed by atoms with Gasteiger partial charge in [0.2, 0.25) is 0 Å². The van der Waals surface area contributed by atoms with E-state index in [1.807, 2.05) is 48.5 Å².